The Balaban J connectivity index is 2.57. The van der Waals surface area contributed by atoms with Gasteiger partial charge in [-0.2, -0.15) is 0 Å². The Bertz CT molecular complexity index is 181. The minimum atomic E-state index is -0.205. The van der Waals surface area contributed by atoms with Crippen molar-refractivity contribution in [2.24, 2.45) is 11.3 Å². The van der Waals surface area contributed by atoms with Gasteiger partial charge in [-0.25, -0.2) is 0 Å². The van der Waals surface area contributed by atoms with Gasteiger partial charge in [0.1, 0.15) is 0 Å². The molecule has 1 rings (SSSR count). The zero-order chi connectivity index (χ0) is 9.35. The smallest absolute Gasteiger partial charge is 0.150 e. The first-order valence-electron chi connectivity index (χ1n) is 4.58. The molecule has 70 valence electrons. The molecule has 2 heteroatoms. The van der Waals surface area contributed by atoms with Gasteiger partial charge in [-0.1, -0.05) is 20.8 Å². The number of halogens is 1. The van der Waals surface area contributed by atoms with Crippen LogP contribution in [0, 0.1) is 11.3 Å². The van der Waals surface area contributed by atoms with Crippen LogP contribution in [-0.4, -0.2) is 11.2 Å². The van der Waals surface area contributed by atoms with E-state index in [1.165, 1.54) is 0 Å². The largest absolute Gasteiger partial charge is 0.298 e. The zero-order valence-electron chi connectivity index (χ0n) is 8.06. The standard InChI is InChI=1S/C10H17ClO/c1-10(2,3)7-4-5-8(11)9(12)6-7/h7-8H,4-6H2,1-3H3/t7-,8+/m1/s1. The molecule has 1 nitrogen and oxygen atoms in total. The summed E-state index contributed by atoms with van der Waals surface area (Å²) in [5.74, 6) is 0.767. The fraction of sp³-hybridized carbons (Fsp3) is 0.900. The topological polar surface area (TPSA) is 17.1 Å². The summed E-state index contributed by atoms with van der Waals surface area (Å²) in [6.45, 7) is 6.58. The Morgan fingerprint density at radius 3 is 2.33 bits per heavy atom. The minimum absolute atomic E-state index is 0.205. The number of Topliss-reactive ketones (excluding diaryl/α,β-unsaturated/α-hetero) is 1. The Morgan fingerprint density at radius 2 is 1.92 bits per heavy atom. The third kappa shape index (κ3) is 2.22. The second-order valence-corrected chi connectivity index (χ2v) is 5.31. The number of alkyl halides is 1. The molecule has 0 saturated heterocycles. The summed E-state index contributed by atoms with van der Waals surface area (Å²) in [5, 5.41) is -0.205. The van der Waals surface area contributed by atoms with Crippen LogP contribution in [0.5, 0.6) is 0 Å². The van der Waals surface area contributed by atoms with E-state index in [0.717, 1.165) is 12.8 Å². The van der Waals surface area contributed by atoms with Gasteiger partial charge < -0.3 is 0 Å². The van der Waals surface area contributed by atoms with E-state index < -0.39 is 0 Å². The second-order valence-electron chi connectivity index (χ2n) is 4.78. The normalized spacial score (nSPS) is 32.2. The van der Waals surface area contributed by atoms with Crippen LogP contribution >= 0.6 is 11.6 Å². The lowest BCUT2D eigenvalue weighted by Gasteiger charge is -2.34. The third-order valence-electron chi connectivity index (χ3n) is 2.79. The number of rotatable bonds is 0. The molecule has 0 heterocycles. The lowest BCUT2D eigenvalue weighted by atomic mass is 9.72. The maximum Gasteiger partial charge on any atom is 0.150 e. The quantitative estimate of drug-likeness (QED) is 0.535. The van der Waals surface area contributed by atoms with E-state index in [1.807, 2.05) is 0 Å². The van der Waals surface area contributed by atoms with E-state index >= 15 is 0 Å². The summed E-state index contributed by atoms with van der Waals surface area (Å²) < 4.78 is 0. The van der Waals surface area contributed by atoms with Gasteiger partial charge in [-0.15, -0.1) is 11.6 Å². The summed E-state index contributed by atoms with van der Waals surface area (Å²) in [6.07, 6.45) is 2.64. The molecule has 1 aliphatic carbocycles. The average molecular weight is 189 g/mol. The van der Waals surface area contributed by atoms with Crippen LogP contribution in [0.1, 0.15) is 40.0 Å². The first-order chi connectivity index (χ1) is 5.41. The molecule has 1 aliphatic rings. The summed E-state index contributed by atoms with van der Waals surface area (Å²) in [5.41, 5.74) is 0.257. The van der Waals surface area contributed by atoms with Gasteiger partial charge in [0, 0.05) is 6.42 Å². The molecule has 1 fully saturated rings. The van der Waals surface area contributed by atoms with Crippen molar-refractivity contribution in [3.63, 3.8) is 0 Å². The molecule has 0 aliphatic heterocycles. The Kier molecular flexibility index (Phi) is 2.82. The predicted octanol–water partition coefficient (Wildman–Crippen LogP) is 3.01. The summed E-state index contributed by atoms with van der Waals surface area (Å²) in [6, 6.07) is 0. The van der Waals surface area contributed by atoms with E-state index in [2.05, 4.69) is 20.8 Å². The van der Waals surface area contributed by atoms with Crippen molar-refractivity contribution in [1.82, 2.24) is 0 Å². The Hall–Kier alpha value is -0.0400. The highest BCUT2D eigenvalue weighted by Crippen LogP contribution is 2.37. The zero-order valence-corrected chi connectivity index (χ0v) is 8.82. The van der Waals surface area contributed by atoms with Crippen molar-refractivity contribution in [2.45, 2.75) is 45.4 Å². The van der Waals surface area contributed by atoms with E-state index in [-0.39, 0.29) is 16.6 Å². The summed E-state index contributed by atoms with van der Waals surface area (Å²) in [4.78, 5) is 11.3. The van der Waals surface area contributed by atoms with Crippen LogP contribution in [-0.2, 0) is 4.79 Å². The SMILES string of the molecule is CC(C)(C)[C@@H]1CC[C@H](Cl)C(=O)C1. The first-order valence-corrected chi connectivity index (χ1v) is 5.01. The van der Waals surface area contributed by atoms with Crippen molar-refractivity contribution in [3.8, 4) is 0 Å². The molecule has 0 aromatic carbocycles. The van der Waals surface area contributed by atoms with Gasteiger partial charge in [0.2, 0.25) is 0 Å². The van der Waals surface area contributed by atoms with Gasteiger partial charge in [0.25, 0.3) is 0 Å². The van der Waals surface area contributed by atoms with Crippen molar-refractivity contribution in [1.29, 1.82) is 0 Å². The predicted molar refractivity (Wildman–Crippen MR) is 51.4 cm³/mol. The number of carbonyl (C=O) groups excluding carboxylic acids is 1. The molecular formula is C10H17ClO. The lowest BCUT2D eigenvalue weighted by Crippen LogP contribution is -2.32. The Morgan fingerprint density at radius 1 is 1.33 bits per heavy atom. The van der Waals surface area contributed by atoms with Gasteiger partial charge >= 0.3 is 0 Å². The highest BCUT2D eigenvalue weighted by atomic mass is 35.5. The monoisotopic (exact) mass is 188 g/mol. The van der Waals surface area contributed by atoms with Crippen molar-refractivity contribution in [3.05, 3.63) is 0 Å². The molecule has 0 amide bonds. The molecule has 0 bridgehead atoms. The molecule has 12 heavy (non-hydrogen) atoms. The third-order valence-corrected chi connectivity index (χ3v) is 3.25. The molecule has 0 aromatic rings. The van der Waals surface area contributed by atoms with Crippen LogP contribution in [0.2, 0.25) is 0 Å². The van der Waals surface area contributed by atoms with Crippen molar-refractivity contribution in [2.75, 3.05) is 0 Å². The highest BCUT2D eigenvalue weighted by molar-refractivity contribution is 6.31. The molecule has 0 N–H and O–H groups in total. The molecule has 0 aromatic heterocycles. The van der Waals surface area contributed by atoms with Gasteiger partial charge in [-0.05, 0) is 24.2 Å². The van der Waals surface area contributed by atoms with Crippen molar-refractivity contribution >= 4 is 17.4 Å². The highest BCUT2D eigenvalue weighted by Gasteiger charge is 2.33. The van der Waals surface area contributed by atoms with Crippen molar-refractivity contribution < 1.29 is 4.79 Å². The average Bonchev–Trinajstić information content (AvgIpc) is 1.92. The number of hydrogen-bond donors (Lipinski definition) is 0. The van der Waals surface area contributed by atoms with Crippen LogP contribution in [0.4, 0.5) is 0 Å². The maximum absolute atomic E-state index is 11.3. The summed E-state index contributed by atoms with van der Waals surface area (Å²) >= 11 is 5.83. The van der Waals surface area contributed by atoms with Gasteiger partial charge in [-0.3, -0.25) is 4.79 Å². The molecule has 0 radical (unpaired) electrons. The van der Waals surface area contributed by atoms with Crippen LogP contribution in [0.25, 0.3) is 0 Å². The van der Waals surface area contributed by atoms with E-state index in [4.69, 9.17) is 11.6 Å². The fourth-order valence-corrected chi connectivity index (χ4v) is 1.94. The van der Waals surface area contributed by atoms with E-state index in [0.29, 0.717) is 12.3 Å². The van der Waals surface area contributed by atoms with Crippen LogP contribution in [0.15, 0.2) is 0 Å². The first kappa shape index (κ1) is 10.0. The second kappa shape index (κ2) is 3.37. The van der Waals surface area contributed by atoms with Crippen LogP contribution in [0.3, 0.4) is 0 Å². The lowest BCUT2D eigenvalue weighted by molar-refractivity contribution is -0.122. The minimum Gasteiger partial charge on any atom is -0.298 e. The summed E-state index contributed by atoms with van der Waals surface area (Å²) in [7, 11) is 0. The molecule has 0 spiro atoms. The number of hydrogen-bond acceptors (Lipinski definition) is 1. The number of ketones is 1. The van der Waals surface area contributed by atoms with Gasteiger partial charge in [0.05, 0.1) is 5.38 Å². The Labute approximate surface area is 79.5 Å². The fourth-order valence-electron chi connectivity index (χ4n) is 1.72. The van der Waals surface area contributed by atoms with E-state index in [9.17, 15) is 4.79 Å². The van der Waals surface area contributed by atoms with Crippen LogP contribution < -0.4 is 0 Å². The molecular weight excluding hydrogens is 172 g/mol. The van der Waals surface area contributed by atoms with Gasteiger partial charge in [0.15, 0.2) is 5.78 Å². The molecule has 0 unspecified atom stereocenters. The molecule has 2 atom stereocenters. The number of carbonyl (C=O) groups is 1. The molecule has 1 saturated carbocycles. The maximum atomic E-state index is 11.3. The van der Waals surface area contributed by atoms with E-state index in [1.54, 1.807) is 0 Å².